The number of benzene rings is 3. The number of carbonyl (C=O) groups excluding carboxylic acids is 1. The van der Waals surface area contributed by atoms with E-state index >= 15 is 0 Å². The van der Waals surface area contributed by atoms with Crippen molar-refractivity contribution >= 4 is 40.6 Å². The molecule has 1 N–H and O–H groups in total. The number of rotatable bonds is 5. The summed E-state index contributed by atoms with van der Waals surface area (Å²) in [5, 5.41) is 3.52. The minimum atomic E-state index is -0.653. The number of methoxy groups -OCH3 is 1. The van der Waals surface area contributed by atoms with Crippen molar-refractivity contribution in [1.82, 2.24) is 4.57 Å². The number of thiazole rings is 1. The minimum absolute atomic E-state index is 0.216. The quantitative estimate of drug-likeness (QED) is 0.424. The van der Waals surface area contributed by atoms with Crippen molar-refractivity contribution in [3.05, 3.63) is 126 Å². The molecular weight excluding hydrogens is 494 g/mol. The number of anilines is 1. The molecule has 6 nitrogen and oxygen atoms in total. The van der Waals surface area contributed by atoms with Gasteiger partial charge >= 0.3 is 0 Å². The smallest absolute Gasteiger partial charge is 0.271 e. The lowest BCUT2D eigenvalue weighted by atomic mass is 9.95. The molecule has 8 heteroatoms. The molecule has 3 aromatic carbocycles. The van der Waals surface area contributed by atoms with Crippen LogP contribution >= 0.6 is 22.9 Å². The third kappa shape index (κ3) is 4.63. The lowest BCUT2D eigenvalue weighted by molar-refractivity contribution is -0.113. The molecule has 1 aliphatic rings. The summed E-state index contributed by atoms with van der Waals surface area (Å²) in [6.07, 6.45) is 1.82. The zero-order chi connectivity index (χ0) is 25.2. The van der Waals surface area contributed by atoms with E-state index in [1.54, 1.807) is 30.7 Å². The predicted octanol–water partition coefficient (Wildman–Crippen LogP) is 4.54. The molecule has 0 saturated heterocycles. The molecule has 0 radical (unpaired) electrons. The predicted molar refractivity (Wildman–Crippen MR) is 143 cm³/mol. The van der Waals surface area contributed by atoms with Gasteiger partial charge in [-0.15, -0.1) is 0 Å². The van der Waals surface area contributed by atoms with Gasteiger partial charge in [0.1, 0.15) is 5.75 Å². The highest BCUT2D eigenvalue weighted by molar-refractivity contribution is 7.07. The normalized spacial score (nSPS) is 15.3. The molecular formula is C28H22ClN3O3S. The number of allylic oxidation sites excluding steroid dienone is 1. The van der Waals surface area contributed by atoms with Crippen molar-refractivity contribution in [2.45, 2.75) is 13.0 Å². The third-order valence-electron chi connectivity index (χ3n) is 5.90. The number of halogens is 1. The first-order valence-electron chi connectivity index (χ1n) is 11.2. The van der Waals surface area contributed by atoms with E-state index in [0.29, 0.717) is 31.3 Å². The molecule has 180 valence electrons. The van der Waals surface area contributed by atoms with Gasteiger partial charge in [0, 0.05) is 10.7 Å². The van der Waals surface area contributed by atoms with Gasteiger partial charge in [-0.3, -0.25) is 14.2 Å². The van der Waals surface area contributed by atoms with Crippen LogP contribution in [0.25, 0.3) is 6.08 Å². The Bertz CT molecular complexity index is 1640. The van der Waals surface area contributed by atoms with Crippen LogP contribution < -0.4 is 24.9 Å². The van der Waals surface area contributed by atoms with E-state index in [4.69, 9.17) is 16.3 Å². The lowest BCUT2D eigenvalue weighted by Crippen LogP contribution is -2.40. The van der Waals surface area contributed by atoms with Crippen molar-refractivity contribution in [2.75, 3.05) is 12.4 Å². The van der Waals surface area contributed by atoms with Crippen LogP contribution in [0.1, 0.15) is 24.1 Å². The second-order valence-corrected chi connectivity index (χ2v) is 9.67. The SMILES string of the molecule is COc1ccc(/C=c2/sc3n(c2=O)C(c2ccc(Cl)cc2)C(C(=O)Nc2ccccc2)=C(C)N=3)cc1. The number of hydrogen-bond acceptors (Lipinski definition) is 5. The zero-order valence-electron chi connectivity index (χ0n) is 19.6. The summed E-state index contributed by atoms with van der Waals surface area (Å²) in [4.78, 5) is 32.4. The number of nitrogens with zero attached hydrogens (tertiary/aromatic N) is 2. The Kier molecular flexibility index (Phi) is 6.59. The van der Waals surface area contributed by atoms with Gasteiger partial charge in [-0.05, 0) is 60.5 Å². The molecule has 1 unspecified atom stereocenters. The maximum atomic E-state index is 13.7. The molecule has 2 heterocycles. The van der Waals surface area contributed by atoms with Gasteiger partial charge in [0.15, 0.2) is 4.80 Å². The second kappa shape index (κ2) is 9.97. The Morgan fingerprint density at radius 3 is 2.42 bits per heavy atom. The lowest BCUT2D eigenvalue weighted by Gasteiger charge is -2.25. The van der Waals surface area contributed by atoms with Crippen molar-refractivity contribution in [1.29, 1.82) is 0 Å². The van der Waals surface area contributed by atoms with Crippen LogP contribution in [0.2, 0.25) is 5.02 Å². The number of nitrogens with one attached hydrogen (secondary N) is 1. The number of carbonyl (C=O) groups is 1. The number of ether oxygens (including phenoxy) is 1. The first-order valence-corrected chi connectivity index (χ1v) is 12.4. The van der Waals surface area contributed by atoms with E-state index in [2.05, 4.69) is 10.3 Å². The fraction of sp³-hybridized carbons (Fsp3) is 0.107. The van der Waals surface area contributed by atoms with E-state index < -0.39 is 6.04 Å². The maximum Gasteiger partial charge on any atom is 0.271 e. The standard InChI is InChI=1S/C28H22ClN3O3S/c1-17-24(26(33)31-21-6-4-3-5-7-21)25(19-10-12-20(29)13-11-19)32-27(34)23(36-28(32)30-17)16-18-8-14-22(35-2)15-9-18/h3-16,25H,1-2H3,(H,31,33)/b23-16+. The highest BCUT2D eigenvalue weighted by Crippen LogP contribution is 2.31. The van der Waals surface area contributed by atoms with Crippen LogP contribution in [-0.4, -0.2) is 17.6 Å². The molecule has 0 bridgehead atoms. The highest BCUT2D eigenvalue weighted by atomic mass is 35.5. The molecule has 0 saturated carbocycles. The molecule has 4 aromatic rings. The molecule has 0 fully saturated rings. The van der Waals surface area contributed by atoms with Crippen LogP contribution in [0.5, 0.6) is 5.75 Å². The van der Waals surface area contributed by atoms with Crippen molar-refractivity contribution in [2.24, 2.45) is 4.99 Å². The van der Waals surface area contributed by atoms with Crippen molar-refractivity contribution in [3.8, 4) is 5.75 Å². The highest BCUT2D eigenvalue weighted by Gasteiger charge is 2.32. The van der Waals surface area contributed by atoms with Gasteiger partial charge in [-0.2, -0.15) is 0 Å². The molecule has 36 heavy (non-hydrogen) atoms. The van der Waals surface area contributed by atoms with Gasteiger partial charge in [-0.1, -0.05) is 65.4 Å². The number of hydrogen-bond donors (Lipinski definition) is 1. The van der Waals surface area contributed by atoms with Gasteiger partial charge in [0.2, 0.25) is 0 Å². The fourth-order valence-electron chi connectivity index (χ4n) is 4.14. The molecule has 1 amide bonds. The van der Waals surface area contributed by atoms with E-state index in [9.17, 15) is 9.59 Å². The average molecular weight is 516 g/mol. The summed E-state index contributed by atoms with van der Waals surface area (Å²) in [6, 6.07) is 23.2. The average Bonchev–Trinajstić information content (AvgIpc) is 3.19. The summed E-state index contributed by atoms with van der Waals surface area (Å²) >= 11 is 7.44. The minimum Gasteiger partial charge on any atom is -0.497 e. The van der Waals surface area contributed by atoms with Crippen LogP contribution in [-0.2, 0) is 4.79 Å². The third-order valence-corrected chi connectivity index (χ3v) is 7.13. The monoisotopic (exact) mass is 515 g/mol. The molecule has 5 rings (SSSR count). The summed E-state index contributed by atoms with van der Waals surface area (Å²) in [5.74, 6) is 0.424. The fourth-order valence-corrected chi connectivity index (χ4v) is 5.32. The molecule has 1 atom stereocenters. The molecule has 1 aliphatic heterocycles. The summed E-state index contributed by atoms with van der Waals surface area (Å²) < 4.78 is 7.34. The Morgan fingerprint density at radius 2 is 1.75 bits per heavy atom. The summed E-state index contributed by atoms with van der Waals surface area (Å²) in [5.41, 5.74) is 3.04. The Morgan fingerprint density at radius 1 is 1.06 bits per heavy atom. The Hall–Kier alpha value is -3.94. The van der Waals surface area contributed by atoms with Crippen LogP contribution in [0.3, 0.4) is 0 Å². The van der Waals surface area contributed by atoms with Crippen molar-refractivity contribution in [3.63, 3.8) is 0 Å². The van der Waals surface area contributed by atoms with Gasteiger partial charge in [0.05, 0.1) is 29.0 Å². The van der Waals surface area contributed by atoms with Crippen LogP contribution in [0, 0.1) is 0 Å². The van der Waals surface area contributed by atoms with Gasteiger partial charge < -0.3 is 10.1 Å². The van der Waals surface area contributed by atoms with E-state index in [1.165, 1.54) is 11.3 Å². The molecule has 1 aromatic heterocycles. The van der Waals surface area contributed by atoms with Crippen LogP contribution in [0.15, 0.2) is 99.9 Å². The number of amides is 1. The first-order chi connectivity index (χ1) is 17.4. The first kappa shape index (κ1) is 23.8. The number of aromatic nitrogens is 1. The maximum absolute atomic E-state index is 13.7. The topological polar surface area (TPSA) is 72.7 Å². The van der Waals surface area contributed by atoms with E-state index in [-0.39, 0.29) is 11.5 Å². The largest absolute Gasteiger partial charge is 0.497 e. The Balaban J connectivity index is 1.65. The molecule has 0 spiro atoms. The van der Waals surface area contributed by atoms with Gasteiger partial charge in [-0.25, -0.2) is 4.99 Å². The summed E-state index contributed by atoms with van der Waals surface area (Å²) in [7, 11) is 1.61. The molecule has 0 aliphatic carbocycles. The zero-order valence-corrected chi connectivity index (χ0v) is 21.1. The second-order valence-electron chi connectivity index (χ2n) is 8.23. The van der Waals surface area contributed by atoms with E-state index in [1.807, 2.05) is 72.8 Å². The van der Waals surface area contributed by atoms with E-state index in [0.717, 1.165) is 16.9 Å². The van der Waals surface area contributed by atoms with Crippen molar-refractivity contribution < 1.29 is 9.53 Å². The number of para-hydroxylation sites is 1. The Labute approximate surface area is 216 Å². The summed E-state index contributed by atoms with van der Waals surface area (Å²) in [6.45, 7) is 1.80. The van der Waals surface area contributed by atoms with Crippen LogP contribution in [0.4, 0.5) is 5.69 Å². The number of fused-ring (bicyclic) bond motifs is 1. The van der Waals surface area contributed by atoms with Gasteiger partial charge in [0.25, 0.3) is 11.5 Å².